The number of anilines is 2. The van der Waals surface area contributed by atoms with Crippen LogP contribution in [0.4, 0.5) is 11.4 Å². The first-order valence-electron chi connectivity index (χ1n) is 6.97. The van der Waals surface area contributed by atoms with E-state index in [2.05, 4.69) is 10.6 Å². The van der Waals surface area contributed by atoms with Crippen LogP contribution in [0.25, 0.3) is 0 Å². The highest BCUT2D eigenvalue weighted by Gasteiger charge is 2.10. The number of rotatable bonds is 5. The molecule has 2 N–H and O–H groups in total. The standard InChI is InChI=1S/C18H18N2OS/c1-13-8-10-16(11-9-13)20-18(22)17(14(2)21)12-19-15-6-4-3-5-7-15/h3-12,19H,1-2H3,(H,20,22)/b17-12-. The van der Waals surface area contributed by atoms with Crippen LogP contribution in [0, 0.1) is 6.92 Å². The highest BCUT2D eigenvalue weighted by atomic mass is 32.1. The van der Waals surface area contributed by atoms with E-state index < -0.39 is 0 Å². The molecule has 0 unspecified atom stereocenters. The maximum atomic E-state index is 11.8. The lowest BCUT2D eigenvalue weighted by molar-refractivity contribution is -0.113. The second kappa shape index (κ2) is 7.52. The van der Waals surface area contributed by atoms with Gasteiger partial charge in [0.05, 0.1) is 5.57 Å². The number of para-hydroxylation sites is 1. The highest BCUT2D eigenvalue weighted by Crippen LogP contribution is 2.12. The number of nitrogens with one attached hydrogen (secondary N) is 2. The normalized spacial score (nSPS) is 10.9. The van der Waals surface area contributed by atoms with Crippen molar-refractivity contribution in [3.8, 4) is 0 Å². The Hall–Kier alpha value is -2.46. The van der Waals surface area contributed by atoms with Gasteiger partial charge in [-0.15, -0.1) is 0 Å². The average molecular weight is 310 g/mol. The molecule has 0 atom stereocenters. The van der Waals surface area contributed by atoms with Gasteiger partial charge in [0.25, 0.3) is 0 Å². The van der Waals surface area contributed by atoms with Crippen LogP contribution >= 0.6 is 12.2 Å². The van der Waals surface area contributed by atoms with Crippen molar-refractivity contribution in [2.75, 3.05) is 10.6 Å². The summed E-state index contributed by atoms with van der Waals surface area (Å²) in [4.78, 5) is 12.2. The second-order valence-electron chi connectivity index (χ2n) is 4.94. The van der Waals surface area contributed by atoms with Crippen molar-refractivity contribution in [3.63, 3.8) is 0 Å². The minimum atomic E-state index is -0.0898. The van der Waals surface area contributed by atoms with Crippen LogP contribution in [-0.2, 0) is 4.79 Å². The molecule has 0 radical (unpaired) electrons. The fraction of sp³-hybridized carbons (Fsp3) is 0.111. The molecule has 0 fully saturated rings. The van der Waals surface area contributed by atoms with Gasteiger partial charge in [-0.1, -0.05) is 48.1 Å². The van der Waals surface area contributed by atoms with Crippen molar-refractivity contribution in [2.24, 2.45) is 0 Å². The average Bonchev–Trinajstić information content (AvgIpc) is 2.50. The topological polar surface area (TPSA) is 41.1 Å². The number of benzene rings is 2. The Morgan fingerprint density at radius 2 is 1.64 bits per heavy atom. The number of thiocarbonyl (C=S) groups is 1. The van der Waals surface area contributed by atoms with E-state index in [1.54, 1.807) is 6.20 Å². The number of aryl methyl sites for hydroxylation is 1. The minimum absolute atomic E-state index is 0.0898. The van der Waals surface area contributed by atoms with E-state index in [4.69, 9.17) is 12.2 Å². The molecule has 0 saturated carbocycles. The molecule has 0 aliphatic heterocycles. The molecule has 2 aromatic rings. The molecule has 22 heavy (non-hydrogen) atoms. The van der Waals surface area contributed by atoms with Gasteiger partial charge in [0.15, 0.2) is 5.78 Å². The lowest BCUT2D eigenvalue weighted by Crippen LogP contribution is -2.18. The van der Waals surface area contributed by atoms with Gasteiger partial charge >= 0.3 is 0 Å². The van der Waals surface area contributed by atoms with Gasteiger partial charge < -0.3 is 10.6 Å². The molecule has 3 nitrogen and oxygen atoms in total. The quantitative estimate of drug-likeness (QED) is 0.637. The van der Waals surface area contributed by atoms with Gasteiger partial charge in [-0.05, 0) is 38.1 Å². The fourth-order valence-corrected chi connectivity index (χ4v) is 2.17. The van der Waals surface area contributed by atoms with Gasteiger partial charge in [0.1, 0.15) is 4.99 Å². The Kier molecular flexibility index (Phi) is 5.44. The molecule has 0 saturated heterocycles. The third kappa shape index (κ3) is 4.53. The van der Waals surface area contributed by atoms with Crippen LogP contribution in [-0.4, -0.2) is 10.8 Å². The third-order valence-electron chi connectivity index (χ3n) is 3.09. The monoisotopic (exact) mass is 310 g/mol. The van der Waals surface area contributed by atoms with E-state index in [1.807, 2.05) is 61.5 Å². The Bertz CT molecular complexity index is 691. The lowest BCUT2D eigenvalue weighted by Gasteiger charge is -2.10. The molecule has 0 amide bonds. The highest BCUT2D eigenvalue weighted by molar-refractivity contribution is 7.81. The zero-order valence-electron chi connectivity index (χ0n) is 12.6. The zero-order chi connectivity index (χ0) is 15.9. The molecule has 0 spiro atoms. The van der Waals surface area contributed by atoms with Crippen molar-refractivity contribution in [1.82, 2.24) is 0 Å². The van der Waals surface area contributed by atoms with Crippen LogP contribution in [0.5, 0.6) is 0 Å². The molecular formula is C18H18N2OS. The Morgan fingerprint density at radius 1 is 1.00 bits per heavy atom. The number of ketones is 1. The molecular weight excluding hydrogens is 292 g/mol. The summed E-state index contributed by atoms with van der Waals surface area (Å²) in [6.45, 7) is 3.52. The minimum Gasteiger partial charge on any atom is -0.361 e. The summed E-state index contributed by atoms with van der Waals surface area (Å²) >= 11 is 5.34. The van der Waals surface area contributed by atoms with Gasteiger partial charge in [-0.25, -0.2) is 0 Å². The molecule has 2 rings (SSSR count). The fourth-order valence-electron chi connectivity index (χ4n) is 1.85. The molecule has 0 heterocycles. The maximum absolute atomic E-state index is 11.8. The number of carbonyl (C=O) groups is 1. The smallest absolute Gasteiger partial charge is 0.164 e. The SMILES string of the molecule is CC(=O)/C(=C/Nc1ccccc1)C(=S)Nc1ccc(C)cc1. The summed E-state index contributed by atoms with van der Waals surface area (Å²) < 4.78 is 0. The second-order valence-corrected chi connectivity index (χ2v) is 5.35. The largest absolute Gasteiger partial charge is 0.361 e. The molecule has 0 aromatic heterocycles. The Labute approximate surface area is 136 Å². The lowest BCUT2D eigenvalue weighted by atomic mass is 10.2. The van der Waals surface area contributed by atoms with E-state index in [9.17, 15) is 4.79 Å². The zero-order valence-corrected chi connectivity index (χ0v) is 13.4. The predicted molar refractivity (Wildman–Crippen MR) is 96.2 cm³/mol. The first-order valence-corrected chi connectivity index (χ1v) is 7.38. The molecule has 4 heteroatoms. The van der Waals surface area contributed by atoms with Gasteiger partial charge in [-0.2, -0.15) is 0 Å². The van der Waals surface area contributed by atoms with Crippen molar-refractivity contribution in [2.45, 2.75) is 13.8 Å². The summed E-state index contributed by atoms with van der Waals surface area (Å²) in [6, 6.07) is 17.5. The number of carbonyl (C=O) groups excluding carboxylic acids is 1. The number of Topliss-reactive ketones (excluding diaryl/α,β-unsaturated/α-hetero) is 1. The van der Waals surface area contributed by atoms with Crippen LogP contribution in [0.2, 0.25) is 0 Å². The summed E-state index contributed by atoms with van der Waals surface area (Å²) in [5.74, 6) is -0.0898. The predicted octanol–water partition coefficient (Wildman–Crippen LogP) is 4.32. The molecule has 0 bridgehead atoms. The van der Waals surface area contributed by atoms with Crippen molar-refractivity contribution in [3.05, 3.63) is 71.9 Å². The van der Waals surface area contributed by atoms with E-state index in [1.165, 1.54) is 12.5 Å². The summed E-state index contributed by atoms with van der Waals surface area (Å²) in [7, 11) is 0. The molecule has 0 aliphatic carbocycles. The van der Waals surface area contributed by atoms with Crippen LogP contribution < -0.4 is 10.6 Å². The van der Waals surface area contributed by atoms with Crippen molar-refractivity contribution in [1.29, 1.82) is 0 Å². The van der Waals surface area contributed by atoms with E-state index in [0.29, 0.717) is 10.6 Å². The van der Waals surface area contributed by atoms with Gasteiger partial charge in [0.2, 0.25) is 0 Å². The van der Waals surface area contributed by atoms with Crippen LogP contribution in [0.1, 0.15) is 12.5 Å². The number of hydrogen-bond donors (Lipinski definition) is 2. The molecule has 2 aromatic carbocycles. The molecule has 0 aliphatic rings. The van der Waals surface area contributed by atoms with E-state index in [-0.39, 0.29) is 5.78 Å². The van der Waals surface area contributed by atoms with Crippen LogP contribution in [0.3, 0.4) is 0 Å². The van der Waals surface area contributed by atoms with E-state index in [0.717, 1.165) is 11.4 Å². The van der Waals surface area contributed by atoms with Crippen molar-refractivity contribution >= 4 is 34.4 Å². The summed E-state index contributed by atoms with van der Waals surface area (Å²) in [5.41, 5.74) is 3.38. The Morgan fingerprint density at radius 3 is 2.23 bits per heavy atom. The first-order chi connectivity index (χ1) is 10.6. The maximum Gasteiger partial charge on any atom is 0.164 e. The van der Waals surface area contributed by atoms with E-state index >= 15 is 0 Å². The van der Waals surface area contributed by atoms with Gasteiger partial charge in [-0.3, -0.25) is 4.79 Å². The van der Waals surface area contributed by atoms with Gasteiger partial charge in [0, 0.05) is 17.6 Å². The van der Waals surface area contributed by atoms with Crippen molar-refractivity contribution < 1.29 is 4.79 Å². The Balaban J connectivity index is 2.11. The molecule has 112 valence electrons. The third-order valence-corrected chi connectivity index (χ3v) is 3.41. The summed E-state index contributed by atoms with van der Waals surface area (Å²) in [5, 5.41) is 6.18. The first kappa shape index (κ1) is 15.9. The number of hydrogen-bond acceptors (Lipinski definition) is 3. The summed E-state index contributed by atoms with van der Waals surface area (Å²) in [6.07, 6.45) is 1.64. The van der Waals surface area contributed by atoms with Crippen LogP contribution in [0.15, 0.2) is 66.4 Å².